The van der Waals surface area contributed by atoms with Crippen molar-refractivity contribution >= 4 is 0 Å². The highest BCUT2D eigenvalue weighted by atomic mass is 19.1. The van der Waals surface area contributed by atoms with Crippen molar-refractivity contribution in [3.63, 3.8) is 0 Å². The normalized spacial score (nSPS) is 48.2. The topological polar surface area (TPSA) is 58.9 Å². The Hall–Kier alpha value is -0.230. The van der Waals surface area contributed by atoms with Crippen LogP contribution in [0.3, 0.4) is 0 Å². The van der Waals surface area contributed by atoms with Crippen molar-refractivity contribution in [1.82, 2.24) is 0 Å². The van der Waals surface area contributed by atoms with Gasteiger partial charge in [0.05, 0.1) is 6.61 Å². The van der Waals surface area contributed by atoms with Crippen LogP contribution in [0.15, 0.2) is 0 Å². The fourth-order valence-corrected chi connectivity index (χ4v) is 1.30. The number of hydrogen-bond donors (Lipinski definition) is 2. The Morgan fingerprint density at radius 2 is 2.25 bits per heavy atom. The van der Waals surface area contributed by atoms with Crippen molar-refractivity contribution in [2.45, 2.75) is 31.1 Å². The van der Waals surface area contributed by atoms with E-state index in [9.17, 15) is 9.50 Å². The molecular formula is C7H13FO4. The van der Waals surface area contributed by atoms with Crippen LogP contribution in [0.2, 0.25) is 0 Å². The minimum absolute atomic E-state index is 0.416. The molecule has 4 nitrogen and oxygen atoms in total. The summed E-state index contributed by atoms with van der Waals surface area (Å²) in [4.78, 5) is 0. The molecule has 5 heteroatoms. The van der Waals surface area contributed by atoms with Gasteiger partial charge < -0.3 is 19.7 Å². The molecule has 0 spiro atoms. The van der Waals surface area contributed by atoms with Gasteiger partial charge >= 0.3 is 0 Å². The van der Waals surface area contributed by atoms with Gasteiger partial charge in [-0.2, -0.15) is 0 Å². The molecule has 72 valence electrons. The molecule has 4 atom stereocenters. The zero-order valence-electron chi connectivity index (χ0n) is 7.03. The van der Waals surface area contributed by atoms with Gasteiger partial charge in [0.1, 0.15) is 12.2 Å². The number of aliphatic hydroxyl groups excluding tert-OH is 2. The molecule has 0 radical (unpaired) electrons. The Morgan fingerprint density at radius 1 is 1.67 bits per heavy atom. The van der Waals surface area contributed by atoms with Gasteiger partial charge in [-0.1, -0.05) is 0 Å². The monoisotopic (exact) mass is 180 g/mol. The van der Waals surface area contributed by atoms with Crippen LogP contribution in [0.25, 0.3) is 0 Å². The fraction of sp³-hybridized carbons (Fsp3) is 1.00. The number of ether oxygens (including phenoxy) is 2. The number of rotatable bonds is 2. The molecule has 0 aromatic rings. The highest BCUT2D eigenvalue weighted by Gasteiger charge is 2.54. The average molecular weight is 180 g/mol. The highest BCUT2D eigenvalue weighted by Crippen LogP contribution is 2.34. The zero-order chi connectivity index (χ0) is 9.35. The van der Waals surface area contributed by atoms with Crippen LogP contribution in [-0.2, 0) is 9.47 Å². The highest BCUT2D eigenvalue weighted by molar-refractivity contribution is 4.97. The molecule has 2 N–H and O–H groups in total. The van der Waals surface area contributed by atoms with Crippen molar-refractivity contribution in [2.24, 2.45) is 0 Å². The average Bonchev–Trinajstić information content (AvgIpc) is 2.25. The lowest BCUT2D eigenvalue weighted by molar-refractivity contribution is -0.163. The quantitative estimate of drug-likeness (QED) is 0.598. The summed E-state index contributed by atoms with van der Waals surface area (Å²) in [6.45, 7) is 0.766. The van der Waals surface area contributed by atoms with Crippen LogP contribution in [0.5, 0.6) is 0 Å². The predicted octanol–water partition coefficient (Wildman–Crippen LogP) is -0.561. The maximum atomic E-state index is 13.5. The summed E-state index contributed by atoms with van der Waals surface area (Å²) in [5, 5.41) is 18.0. The molecule has 0 aliphatic carbocycles. The van der Waals surface area contributed by atoms with E-state index in [-0.39, 0.29) is 0 Å². The molecule has 0 saturated carbocycles. The SMILES string of the molecule is COC1OC(CO)C(O)[C@@]1(C)F. The molecule has 1 fully saturated rings. The van der Waals surface area contributed by atoms with Gasteiger partial charge in [-0.3, -0.25) is 0 Å². The molecule has 12 heavy (non-hydrogen) atoms. The van der Waals surface area contributed by atoms with Gasteiger partial charge in [-0.15, -0.1) is 0 Å². The number of aliphatic hydroxyl groups is 2. The van der Waals surface area contributed by atoms with Gasteiger partial charge in [0.15, 0.2) is 12.0 Å². The minimum atomic E-state index is -1.96. The molecule has 0 bridgehead atoms. The summed E-state index contributed by atoms with van der Waals surface area (Å²) in [7, 11) is 1.29. The fourth-order valence-electron chi connectivity index (χ4n) is 1.30. The number of hydrogen-bond acceptors (Lipinski definition) is 4. The van der Waals surface area contributed by atoms with Crippen molar-refractivity contribution < 1.29 is 24.1 Å². The van der Waals surface area contributed by atoms with Gasteiger partial charge in [-0.05, 0) is 6.92 Å². The summed E-state index contributed by atoms with van der Waals surface area (Å²) in [6.07, 6.45) is -3.35. The Morgan fingerprint density at radius 3 is 2.50 bits per heavy atom. The molecule has 1 heterocycles. The maximum absolute atomic E-state index is 13.5. The van der Waals surface area contributed by atoms with E-state index in [1.165, 1.54) is 14.0 Å². The third-order valence-corrected chi connectivity index (χ3v) is 2.08. The van der Waals surface area contributed by atoms with Gasteiger partial charge in [0.2, 0.25) is 0 Å². The lowest BCUT2D eigenvalue weighted by Crippen LogP contribution is -2.42. The second-order valence-electron chi connectivity index (χ2n) is 3.02. The van der Waals surface area contributed by atoms with Crippen molar-refractivity contribution in [2.75, 3.05) is 13.7 Å². The van der Waals surface area contributed by atoms with E-state index in [0.29, 0.717) is 0 Å². The third-order valence-electron chi connectivity index (χ3n) is 2.08. The molecule has 0 aromatic carbocycles. The summed E-state index contributed by atoms with van der Waals surface area (Å²) in [6, 6.07) is 0. The van der Waals surface area contributed by atoms with Crippen molar-refractivity contribution in [3.05, 3.63) is 0 Å². The number of methoxy groups -OCH3 is 1. The van der Waals surface area contributed by atoms with Gasteiger partial charge in [0.25, 0.3) is 0 Å². The largest absolute Gasteiger partial charge is 0.394 e. The van der Waals surface area contributed by atoms with E-state index in [4.69, 9.17) is 9.84 Å². The van der Waals surface area contributed by atoms with E-state index >= 15 is 0 Å². The maximum Gasteiger partial charge on any atom is 0.194 e. The first-order valence-corrected chi connectivity index (χ1v) is 3.70. The molecule has 1 rings (SSSR count). The van der Waals surface area contributed by atoms with Crippen LogP contribution in [0.4, 0.5) is 4.39 Å². The molecule has 1 saturated heterocycles. The minimum Gasteiger partial charge on any atom is -0.394 e. The molecule has 0 amide bonds. The van der Waals surface area contributed by atoms with Crippen molar-refractivity contribution in [3.8, 4) is 0 Å². The molecule has 3 unspecified atom stereocenters. The Bertz CT molecular complexity index is 157. The summed E-state index contributed by atoms with van der Waals surface area (Å²) < 4.78 is 23.0. The van der Waals surface area contributed by atoms with Crippen LogP contribution in [0, 0.1) is 0 Å². The van der Waals surface area contributed by atoms with Crippen molar-refractivity contribution in [1.29, 1.82) is 0 Å². The summed E-state index contributed by atoms with van der Waals surface area (Å²) in [5.74, 6) is 0. The first-order valence-electron chi connectivity index (χ1n) is 3.70. The second-order valence-corrected chi connectivity index (χ2v) is 3.02. The van der Waals surface area contributed by atoms with Crippen LogP contribution >= 0.6 is 0 Å². The lowest BCUT2D eigenvalue weighted by Gasteiger charge is -2.21. The molecular weight excluding hydrogens is 167 g/mol. The first-order chi connectivity index (χ1) is 5.54. The number of alkyl halides is 1. The smallest absolute Gasteiger partial charge is 0.194 e. The summed E-state index contributed by atoms with van der Waals surface area (Å²) >= 11 is 0. The van der Waals surface area contributed by atoms with E-state index in [0.717, 1.165) is 0 Å². The second kappa shape index (κ2) is 3.26. The molecule has 1 aliphatic heterocycles. The van der Waals surface area contributed by atoms with E-state index in [2.05, 4.69) is 4.74 Å². The lowest BCUT2D eigenvalue weighted by atomic mass is 10.00. The van der Waals surface area contributed by atoms with E-state index in [1.807, 2.05) is 0 Å². The van der Waals surface area contributed by atoms with Crippen LogP contribution in [0.1, 0.15) is 6.92 Å². The molecule has 1 aliphatic rings. The predicted molar refractivity (Wildman–Crippen MR) is 38.3 cm³/mol. The Balaban J connectivity index is 2.73. The first kappa shape index (κ1) is 9.85. The van der Waals surface area contributed by atoms with E-state index < -0.39 is 30.8 Å². The zero-order valence-corrected chi connectivity index (χ0v) is 7.03. The third kappa shape index (κ3) is 1.33. The molecule has 0 aromatic heterocycles. The van der Waals surface area contributed by atoms with Gasteiger partial charge in [0, 0.05) is 7.11 Å². The summed E-state index contributed by atoms with van der Waals surface area (Å²) in [5.41, 5.74) is -1.96. The van der Waals surface area contributed by atoms with Crippen LogP contribution in [-0.4, -0.2) is 48.1 Å². The van der Waals surface area contributed by atoms with E-state index in [1.54, 1.807) is 0 Å². The number of halogens is 1. The van der Waals surface area contributed by atoms with Crippen LogP contribution < -0.4 is 0 Å². The Kier molecular flexibility index (Phi) is 2.67. The standard InChI is InChI=1S/C7H13FO4/c1-7(8)5(10)4(3-9)12-6(7)11-2/h4-6,9-10H,3H2,1-2H3/t4?,5?,6?,7-/m1/s1. The van der Waals surface area contributed by atoms with Gasteiger partial charge in [-0.25, -0.2) is 4.39 Å². The Labute approximate surface area is 69.9 Å².